The molecule has 0 bridgehead atoms. The highest BCUT2D eigenvalue weighted by atomic mass is 16.5. The number of aromatic nitrogens is 3. The Labute approximate surface area is 110 Å². The summed E-state index contributed by atoms with van der Waals surface area (Å²) in [5.74, 6) is 1.05. The van der Waals surface area contributed by atoms with E-state index in [4.69, 9.17) is 10.5 Å². The number of hydrogen-bond donors (Lipinski definition) is 2. The number of hydrogen-bond acceptors (Lipinski definition) is 4. The molecular formula is C14H14N4O. The maximum atomic E-state index is 5.72. The van der Waals surface area contributed by atoms with Crippen molar-refractivity contribution in [2.24, 2.45) is 5.73 Å². The first-order valence-electron chi connectivity index (χ1n) is 6.04. The van der Waals surface area contributed by atoms with Gasteiger partial charge >= 0.3 is 0 Å². The Balaban J connectivity index is 2.09. The predicted molar refractivity (Wildman–Crippen MR) is 73.0 cm³/mol. The Hall–Kier alpha value is -2.40. The summed E-state index contributed by atoms with van der Waals surface area (Å²) in [5.41, 5.74) is 7.67. The second kappa shape index (κ2) is 4.70. The number of nitrogens with zero attached hydrogens (tertiary/aromatic N) is 2. The summed E-state index contributed by atoms with van der Waals surface area (Å²) in [6, 6.07) is 9.74. The van der Waals surface area contributed by atoms with Gasteiger partial charge in [0.1, 0.15) is 0 Å². The molecule has 0 aliphatic rings. The molecule has 1 aromatic carbocycles. The molecular weight excluding hydrogens is 240 g/mol. The number of nitrogens with one attached hydrogen (secondary N) is 1. The summed E-state index contributed by atoms with van der Waals surface area (Å²) in [4.78, 5) is 4.33. The number of ether oxygens (including phenoxy) is 1. The molecule has 0 spiro atoms. The van der Waals surface area contributed by atoms with Crippen molar-refractivity contribution in [1.82, 2.24) is 15.2 Å². The van der Waals surface area contributed by atoms with Crippen LogP contribution in [0.4, 0.5) is 0 Å². The van der Waals surface area contributed by atoms with Gasteiger partial charge in [0.05, 0.1) is 0 Å². The van der Waals surface area contributed by atoms with Crippen LogP contribution in [0.5, 0.6) is 11.8 Å². The molecule has 0 aliphatic carbocycles. The second-order valence-electron chi connectivity index (χ2n) is 4.33. The van der Waals surface area contributed by atoms with E-state index < -0.39 is 0 Å². The number of pyridine rings is 1. The zero-order chi connectivity index (χ0) is 13.2. The molecule has 2 aromatic heterocycles. The average molecular weight is 254 g/mol. The molecule has 3 aromatic rings. The highest BCUT2D eigenvalue weighted by Gasteiger charge is 2.09. The predicted octanol–water partition coefficient (Wildman–Crippen LogP) is 2.52. The number of nitrogens with two attached hydrogens (primary N) is 1. The first-order valence-corrected chi connectivity index (χ1v) is 6.04. The van der Waals surface area contributed by atoms with Gasteiger partial charge in [0, 0.05) is 29.9 Å². The van der Waals surface area contributed by atoms with Gasteiger partial charge < -0.3 is 10.5 Å². The highest BCUT2D eigenvalue weighted by molar-refractivity contribution is 5.89. The van der Waals surface area contributed by atoms with E-state index in [0.717, 1.165) is 22.0 Å². The first-order chi connectivity index (χ1) is 9.28. The molecule has 0 aliphatic heterocycles. The maximum Gasteiger partial charge on any atom is 0.240 e. The molecule has 0 unspecified atom stereocenters. The van der Waals surface area contributed by atoms with E-state index >= 15 is 0 Å². The Morgan fingerprint density at radius 1 is 1.26 bits per heavy atom. The van der Waals surface area contributed by atoms with Crippen LogP contribution in [0.25, 0.3) is 10.8 Å². The van der Waals surface area contributed by atoms with Gasteiger partial charge in [-0.1, -0.05) is 18.2 Å². The molecule has 5 heteroatoms. The van der Waals surface area contributed by atoms with Crippen molar-refractivity contribution < 1.29 is 4.74 Å². The van der Waals surface area contributed by atoms with Gasteiger partial charge in [0.2, 0.25) is 11.8 Å². The van der Waals surface area contributed by atoms with Crippen LogP contribution in [0.2, 0.25) is 0 Å². The summed E-state index contributed by atoms with van der Waals surface area (Å²) in [5, 5.41) is 8.88. The van der Waals surface area contributed by atoms with Gasteiger partial charge in [-0.2, -0.15) is 0 Å². The van der Waals surface area contributed by atoms with E-state index in [1.165, 1.54) is 0 Å². The third-order valence-corrected chi connectivity index (χ3v) is 2.94. The molecule has 0 saturated carbocycles. The van der Waals surface area contributed by atoms with Crippen LogP contribution in [0.3, 0.4) is 0 Å². The van der Waals surface area contributed by atoms with Gasteiger partial charge in [-0.15, -0.1) is 5.10 Å². The van der Waals surface area contributed by atoms with E-state index in [9.17, 15) is 0 Å². The van der Waals surface area contributed by atoms with Crippen molar-refractivity contribution in [1.29, 1.82) is 0 Å². The standard InChI is InChI=1S/C14H14N4O/c1-9-6-13(18-17-9)19-14-12-5-3-2-4-11(12)10(7-15)8-16-14/h2-6,8H,7,15H2,1H3,(H,17,18). The summed E-state index contributed by atoms with van der Waals surface area (Å²) >= 11 is 0. The Bertz CT molecular complexity index is 720. The fourth-order valence-electron chi connectivity index (χ4n) is 2.01. The largest absolute Gasteiger partial charge is 0.418 e. The van der Waals surface area contributed by atoms with Crippen molar-refractivity contribution in [3.05, 3.63) is 47.8 Å². The minimum absolute atomic E-state index is 0.454. The molecule has 2 heterocycles. The summed E-state index contributed by atoms with van der Waals surface area (Å²) in [6.45, 7) is 2.37. The lowest BCUT2D eigenvalue weighted by molar-refractivity contribution is 0.449. The number of rotatable bonds is 3. The van der Waals surface area contributed by atoms with E-state index in [1.54, 1.807) is 6.20 Å². The molecule has 0 amide bonds. The van der Waals surface area contributed by atoms with Crippen LogP contribution >= 0.6 is 0 Å². The molecule has 0 fully saturated rings. The van der Waals surface area contributed by atoms with Gasteiger partial charge in [0.25, 0.3) is 0 Å². The van der Waals surface area contributed by atoms with Gasteiger partial charge in [0.15, 0.2) is 0 Å². The number of aromatic amines is 1. The Kier molecular flexibility index (Phi) is 2.89. The fourth-order valence-corrected chi connectivity index (χ4v) is 2.01. The topological polar surface area (TPSA) is 76.8 Å². The van der Waals surface area contributed by atoms with Crippen LogP contribution in [-0.2, 0) is 6.54 Å². The summed E-state index contributed by atoms with van der Waals surface area (Å²) < 4.78 is 5.72. The fraction of sp³-hybridized carbons (Fsp3) is 0.143. The van der Waals surface area contributed by atoms with Crippen molar-refractivity contribution in [3.8, 4) is 11.8 Å². The molecule has 3 rings (SSSR count). The van der Waals surface area contributed by atoms with Crippen molar-refractivity contribution in [2.45, 2.75) is 13.5 Å². The molecule has 5 nitrogen and oxygen atoms in total. The van der Waals surface area contributed by atoms with E-state index in [-0.39, 0.29) is 0 Å². The van der Waals surface area contributed by atoms with Gasteiger partial charge in [-0.25, -0.2) is 4.98 Å². The summed E-state index contributed by atoms with van der Waals surface area (Å²) in [6.07, 6.45) is 1.75. The minimum atomic E-state index is 0.454. The number of benzene rings is 1. The van der Waals surface area contributed by atoms with Crippen LogP contribution in [0, 0.1) is 6.92 Å². The molecule has 3 N–H and O–H groups in total. The minimum Gasteiger partial charge on any atom is -0.418 e. The molecule has 19 heavy (non-hydrogen) atoms. The van der Waals surface area contributed by atoms with Gasteiger partial charge in [-0.3, -0.25) is 5.10 Å². The Morgan fingerprint density at radius 2 is 2.05 bits per heavy atom. The number of H-pyrrole nitrogens is 1. The first kappa shape index (κ1) is 11.7. The zero-order valence-electron chi connectivity index (χ0n) is 10.6. The van der Waals surface area contributed by atoms with Crippen LogP contribution < -0.4 is 10.5 Å². The lowest BCUT2D eigenvalue weighted by Crippen LogP contribution is -1.99. The monoisotopic (exact) mass is 254 g/mol. The van der Waals surface area contributed by atoms with Crippen molar-refractivity contribution >= 4 is 10.8 Å². The normalized spacial score (nSPS) is 10.8. The molecule has 0 atom stereocenters. The molecule has 0 saturated heterocycles. The van der Waals surface area contributed by atoms with Crippen LogP contribution in [0.15, 0.2) is 36.5 Å². The third kappa shape index (κ3) is 2.15. The zero-order valence-corrected chi connectivity index (χ0v) is 10.6. The SMILES string of the molecule is Cc1cc(Oc2ncc(CN)c3ccccc23)n[nH]1. The lowest BCUT2D eigenvalue weighted by atomic mass is 10.1. The van der Waals surface area contributed by atoms with Crippen molar-refractivity contribution in [2.75, 3.05) is 0 Å². The maximum absolute atomic E-state index is 5.72. The average Bonchev–Trinajstić information content (AvgIpc) is 2.85. The third-order valence-electron chi connectivity index (χ3n) is 2.94. The Morgan fingerprint density at radius 3 is 2.74 bits per heavy atom. The highest BCUT2D eigenvalue weighted by Crippen LogP contribution is 2.28. The van der Waals surface area contributed by atoms with Crippen molar-refractivity contribution in [3.63, 3.8) is 0 Å². The van der Waals surface area contributed by atoms with Crippen LogP contribution in [0.1, 0.15) is 11.3 Å². The number of aryl methyl sites for hydroxylation is 1. The van der Waals surface area contributed by atoms with E-state index in [1.807, 2.05) is 37.3 Å². The second-order valence-corrected chi connectivity index (χ2v) is 4.33. The summed E-state index contributed by atoms with van der Waals surface area (Å²) in [7, 11) is 0. The molecule has 96 valence electrons. The smallest absolute Gasteiger partial charge is 0.240 e. The quantitative estimate of drug-likeness (QED) is 0.753. The van der Waals surface area contributed by atoms with Crippen LogP contribution in [-0.4, -0.2) is 15.2 Å². The number of fused-ring (bicyclic) bond motifs is 1. The molecule has 0 radical (unpaired) electrons. The lowest BCUT2D eigenvalue weighted by Gasteiger charge is -2.08. The van der Waals surface area contributed by atoms with Gasteiger partial charge in [-0.05, 0) is 23.9 Å². The van der Waals surface area contributed by atoms with E-state index in [2.05, 4.69) is 15.2 Å². The van der Waals surface area contributed by atoms with E-state index in [0.29, 0.717) is 18.3 Å².